The van der Waals surface area contributed by atoms with E-state index in [2.05, 4.69) is 20.9 Å². The number of esters is 1. The number of hydrogen-bond donors (Lipinski definition) is 1. The van der Waals surface area contributed by atoms with Gasteiger partial charge < -0.3 is 10.5 Å². The van der Waals surface area contributed by atoms with Crippen LogP contribution in [0.15, 0.2) is 50.9 Å². The third-order valence-electron chi connectivity index (χ3n) is 2.31. The average molecular weight is 339 g/mol. The van der Waals surface area contributed by atoms with Crippen LogP contribution in [0.25, 0.3) is 0 Å². The number of benzene rings is 1. The van der Waals surface area contributed by atoms with Crippen LogP contribution in [0.5, 0.6) is 0 Å². The van der Waals surface area contributed by atoms with Crippen molar-refractivity contribution in [2.45, 2.75) is 9.92 Å². The van der Waals surface area contributed by atoms with E-state index >= 15 is 0 Å². The van der Waals surface area contributed by atoms with Crippen molar-refractivity contribution >= 4 is 39.3 Å². The van der Waals surface area contributed by atoms with Crippen molar-refractivity contribution < 1.29 is 9.53 Å². The quantitative estimate of drug-likeness (QED) is 0.869. The van der Waals surface area contributed by atoms with E-state index in [1.54, 1.807) is 6.07 Å². The molecule has 1 aromatic heterocycles. The predicted molar refractivity (Wildman–Crippen MR) is 78.3 cm³/mol. The van der Waals surface area contributed by atoms with Crippen LogP contribution in [-0.4, -0.2) is 18.1 Å². The second-order valence-electron chi connectivity index (χ2n) is 3.67. The van der Waals surface area contributed by atoms with E-state index in [1.807, 2.05) is 24.3 Å². The molecule has 0 saturated carbocycles. The van der Waals surface area contributed by atoms with Crippen LogP contribution in [-0.2, 0) is 4.74 Å². The number of pyridine rings is 1. The Balaban J connectivity index is 2.34. The number of hydrogen-bond acceptors (Lipinski definition) is 5. The van der Waals surface area contributed by atoms with Crippen LogP contribution in [0.1, 0.15) is 10.4 Å². The number of halogens is 1. The van der Waals surface area contributed by atoms with E-state index < -0.39 is 5.97 Å². The lowest BCUT2D eigenvalue weighted by Crippen LogP contribution is -2.05. The van der Waals surface area contributed by atoms with Gasteiger partial charge in [0.1, 0.15) is 5.03 Å². The van der Waals surface area contributed by atoms with Crippen LogP contribution >= 0.6 is 27.7 Å². The normalized spacial score (nSPS) is 10.2. The lowest BCUT2D eigenvalue weighted by molar-refractivity contribution is 0.0596. The molecule has 2 rings (SSSR count). The maximum absolute atomic E-state index is 11.7. The molecule has 0 bridgehead atoms. The van der Waals surface area contributed by atoms with Gasteiger partial charge in [-0.3, -0.25) is 0 Å². The second-order valence-corrected chi connectivity index (χ2v) is 5.65. The summed E-state index contributed by atoms with van der Waals surface area (Å²) in [6.45, 7) is 0. The minimum Gasteiger partial charge on any atom is -0.465 e. The SMILES string of the molecule is COC(=O)c1cc(N)cnc1Sc1ccc(Br)cc1. The first kappa shape index (κ1) is 13.9. The second kappa shape index (κ2) is 6.08. The van der Waals surface area contributed by atoms with Crippen molar-refractivity contribution in [2.24, 2.45) is 0 Å². The minimum absolute atomic E-state index is 0.371. The summed E-state index contributed by atoms with van der Waals surface area (Å²) in [4.78, 5) is 16.9. The molecule has 19 heavy (non-hydrogen) atoms. The van der Waals surface area contributed by atoms with Crippen LogP contribution < -0.4 is 5.73 Å². The summed E-state index contributed by atoms with van der Waals surface area (Å²) in [5.74, 6) is -0.445. The average Bonchev–Trinajstić information content (AvgIpc) is 2.42. The number of nitrogens with zero attached hydrogens (tertiary/aromatic N) is 1. The molecule has 2 N–H and O–H groups in total. The van der Waals surface area contributed by atoms with Crippen molar-refractivity contribution in [3.63, 3.8) is 0 Å². The molecule has 0 aliphatic rings. The number of nitrogen functional groups attached to an aromatic ring is 1. The van der Waals surface area contributed by atoms with Gasteiger partial charge in [0.25, 0.3) is 0 Å². The highest BCUT2D eigenvalue weighted by Gasteiger charge is 2.14. The molecule has 0 radical (unpaired) electrons. The first-order valence-electron chi connectivity index (χ1n) is 5.37. The molecule has 0 fully saturated rings. The van der Waals surface area contributed by atoms with Crippen LogP contribution in [0.2, 0.25) is 0 Å². The summed E-state index contributed by atoms with van der Waals surface area (Å²) in [6, 6.07) is 9.30. The predicted octanol–water partition coefficient (Wildman–Crippen LogP) is 3.36. The van der Waals surface area contributed by atoms with Gasteiger partial charge in [-0.1, -0.05) is 27.7 Å². The zero-order chi connectivity index (χ0) is 13.8. The van der Waals surface area contributed by atoms with Gasteiger partial charge in [0, 0.05) is 9.37 Å². The molecule has 0 spiro atoms. The fraction of sp³-hybridized carbons (Fsp3) is 0.0769. The number of carbonyl (C=O) groups is 1. The molecule has 0 aliphatic heterocycles. The highest BCUT2D eigenvalue weighted by atomic mass is 79.9. The van der Waals surface area contributed by atoms with Gasteiger partial charge in [0.15, 0.2) is 0 Å². The van der Waals surface area contributed by atoms with Crippen molar-refractivity contribution in [2.75, 3.05) is 12.8 Å². The fourth-order valence-electron chi connectivity index (χ4n) is 1.42. The Labute approximate surface area is 123 Å². The molecule has 6 heteroatoms. The Morgan fingerprint density at radius 2 is 2.05 bits per heavy atom. The molecule has 0 unspecified atom stereocenters. The summed E-state index contributed by atoms with van der Waals surface area (Å²) >= 11 is 4.76. The summed E-state index contributed by atoms with van der Waals surface area (Å²) in [5.41, 5.74) is 6.45. The Kier molecular flexibility index (Phi) is 4.44. The Morgan fingerprint density at radius 3 is 2.68 bits per heavy atom. The van der Waals surface area contributed by atoms with Crippen molar-refractivity contribution in [3.8, 4) is 0 Å². The van der Waals surface area contributed by atoms with Crippen molar-refractivity contribution in [1.29, 1.82) is 0 Å². The van der Waals surface area contributed by atoms with E-state index in [1.165, 1.54) is 25.1 Å². The Bertz CT molecular complexity index is 602. The zero-order valence-electron chi connectivity index (χ0n) is 10.1. The highest BCUT2D eigenvalue weighted by molar-refractivity contribution is 9.10. The number of ether oxygens (including phenoxy) is 1. The van der Waals surface area contributed by atoms with Gasteiger partial charge in [-0.05, 0) is 30.3 Å². The number of carbonyl (C=O) groups excluding carboxylic acids is 1. The molecule has 0 atom stereocenters. The molecule has 0 amide bonds. The Hall–Kier alpha value is -1.53. The zero-order valence-corrected chi connectivity index (χ0v) is 12.5. The molecule has 0 aliphatic carbocycles. The highest BCUT2D eigenvalue weighted by Crippen LogP contribution is 2.30. The van der Waals surface area contributed by atoms with E-state index in [4.69, 9.17) is 10.5 Å². The molecule has 2 aromatic rings. The smallest absolute Gasteiger partial charge is 0.340 e. The third kappa shape index (κ3) is 3.48. The van der Waals surface area contributed by atoms with Gasteiger partial charge >= 0.3 is 5.97 Å². The number of nitrogens with two attached hydrogens (primary N) is 1. The molecule has 0 saturated heterocycles. The lowest BCUT2D eigenvalue weighted by Gasteiger charge is -2.07. The molecule has 1 aromatic carbocycles. The molecule has 98 valence electrons. The fourth-order valence-corrected chi connectivity index (χ4v) is 2.54. The molecule has 1 heterocycles. The lowest BCUT2D eigenvalue weighted by atomic mass is 10.3. The first-order valence-corrected chi connectivity index (χ1v) is 6.98. The molecular weight excluding hydrogens is 328 g/mol. The third-order valence-corrected chi connectivity index (χ3v) is 3.86. The van der Waals surface area contributed by atoms with E-state index in [-0.39, 0.29) is 0 Å². The van der Waals surface area contributed by atoms with Crippen molar-refractivity contribution in [3.05, 3.63) is 46.6 Å². The summed E-state index contributed by atoms with van der Waals surface area (Å²) in [5, 5.41) is 0.573. The topological polar surface area (TPSA) is 65.2 Å². The Morgan fingerprint density at radius 1 is 1.37 bits per heavy atom. The maximum Gasteiger partial charge on any atom is 0.340 e. The summed E-state index contributed by atoms with van der Waals surface area (Å²) in [7, 11) is 1.33. The first-order chi connectivity index (χ1) is 9.10. The van der Waals surface area contributed by atoms with Crippen LogP contribution in [0, 0.1) is 0 Å². The van der Waals surface area contributed by atoms with Gasteiger partial charge in [0.05, 0.1) is 24.6 Å². The van der Waals surface area contributed by atoms with E-state index in [9.17, 15) is 4.79 Å². The van der Waals surface area contributed by atoms with Crippen LogP contribution in [0.4, 0.5) is 5.69 Å². The number of methoxy groups -OCH3 is 1. The number of aromatic nitrogens is 1. The van der Waals surface area contributed by atoms with Gasteiger partial charge in [0.2, 0.25) is 0 Å². The van der Waals surface area contributed by atoms with E-state index in [0.29, 0.717) is 16.3 Å². The van der Waals surface area contributed by atoms with Gasteiger partial charge in [-0.2, -0.15) is 0 Å². The summed E-state index contributed by atoms with van der Waals surface area (Å²) < 4.78 is 5.73. The standard InChI is InChI=1S/C13H11BrN2O2S/c1-18-13(17)11-6-9(15)7-16-12(11)19-10-4-2-8(14)3-5-10/h2-7H,15H2,1H3. The minimum atomic E-state index is -0.445. The van der Waals surface area contributed by atoms with Gasteiger partial charge in [-0.15, -0.1) is 0 Å². The monoisotopic (exact) mass is 338 g/mol. The molecular formula is C13H11BrN2O2S. The summed E-state index contributed by atoms with van der Waals surface area (Å²) in [6.07, 6.45) is 1.52. The van der Waals surface area contributed by atoms with Gasteiger partial charge in [-0.25, -0.2) is 9.78 Å². The maximum atomic E-state index is 11.7. The largest absolute Gasteiger partial charge is 0.465 e. The molecule has 4 nitrogen and oxygen atoms in total. The number of rotatable bonds is 3. The van der Waals surface area contributed by atoms with Crippen LogP contribution in [0.3, 0.4) is 0 Å². The number of anilines is 1. The van der Waals surface area contributed by atoms with Crippen molar-refractivity contribution in [1.82, 2.24) is 4.98 Å². The van der Waals surface area contributed by atoms with E-state index in [0.717, 1.165) is 9.37 Å².